The summed E-state index contributed by atoms with van der Waals surface area (Å²) in [6.45, 7) is 5.10. The number of anilines is 1. The summed E-state index contributed by atoms with van der Waals surface area (Å²) in [7, 11) is 2.10. The number of nitrogens with one attached hydrogen (secondary N) is 1. The molecule has 0 spiro atoms. The van der Waals surface area contributed by atoms with E-state index >= 15 is 0 Å². The summed E-state index contributed by atoms with van der Waals surface area (Å²) >= 11 is 6.39. The van der Waals surface area contributed by atoms with Crippen LogP contribution in [0.2, 0.25) is 5.02 Å². The molecule has 1 saturated carbocycles. The van der Waals surface area contributed by atoms with Gasteiger partial charge in [-0.15, -0.1) is 0 Å². The van der Waals surface area contributed by atoms with Crippen molar-refractivity contribution < 1.29 is 0 Å². The van der Waals surface area contributed by atoms with Crippen molar-refractivity contribution >= 4 is 17.4 Å². The van der Waals surface area contributed by atoms with E-state index in [9.17, 15) is 0 Å². The minimum atomic E-state index is 0.765. The molecule has 4 heteroatoms. The third-order valence-electron chi connectivity index (χ3n) is 4.00. The lowest BCUT2D eigenvalue weighted by Crippen LogP contribution is -2.25. The van der Waals surface area contributed by atoms with Gasteiger partial charge in [-0.2, -0.15) is 0 Å². The van der Waals surface area contributed by atoms with E-state index in [0.29, 0.717) is 0 Å². The second kappa shape index (κ2) is 7.84. The van der Waals surface area contributed by atoms with Crippen LogP contribution in [-0.2, 0) is 6.54 Å². The summed E-state index contributed by atoms with van der Waals surface area (Å²) < 4.78 is 0. The van der Waals surface area contributed by atoms with Crippen LogP contribution in [-0.4, -0.2) is 25.1 Å². The van der Waals surface area contributed by atoms with E-state index in [2.05, 4.69) is 29.2 Å². The summed E-state index contributed by atoms with van der Waals surface area (Å²) in [4.78, 5) is 6.76. The Kier molecular flexibility index (Phi) is 6.11. The van der Waals surface area contributed by atoms with E-state index in [-0.39, 0.29) is 0 Å². The van der Waals surface area contributed by atoms with Crippen molar-refractivity contribution in [3.8, 4) is 0 Å². The summed E-state index contributed by atoms with van der Waals surface area (Å²) in [5.41, 5.74) is 1.15. The van der Waals surface area contributed by atoms with Gasteiger partial charge in [0.2, 0.25) is 0 Å². The Bertz CT molecular complexity index is 416. The maximum absolute atomic E-state index is 6.39. The van der Waals surface area contributed by atoms with E-state index in [0.717, 1.165) is 48.4 Å². The summed E-state index contributed by atoms with van der Waals surface area (Å²) in [6, 6.07) is 2.04. The average molecular weight is 296 g/mol. The van der Waals surface area contributed by atoms with Gasteiger partial charge in [0.25, 0.3) is 0 Å². The minimum absolute atomic E-state index is 0.765. The van der Waals surface area contributed by atoms with Gasteiger partial charge in [-0.25, -0.2) is 4.98 Å². The monoisotopic (exact) mass is 295 g/mol. The first-order valence-electron chi connectivity index (χ1n) is 7.77. The van der Waals surface area contributed by atoms with Crippen LogP contribution in [0.4, 0.5) is 5.82 Å². The molecular formula is C16H26ClN3. The lowest BCUT2D eigenvalue weighted by atomic mass is 10.1. The first-order chi connectivity index (χ1) is 9.70. The molecule has 0 radical (unpaired) electrons. The smallest absolute Gasteiger partial charge is 0.147 e. The van der Waals surface area contributed by atoms with E-state index in [1.54, 1.807) is 0 Å². The standard InChI is InChI=1S/C16H26ClN3/c1-3-8-18-10-14-9-15(17)16(19-11-14)20(2)12-13-6-4-5-7-13/h9,11,13,18H,3-8,10,12H2,1-2H3. The zero-order valence-corrected chi connectivity index (χ0v) is 13.4. The zero-order chi connectivity index (χ0) is 14.4. The third kappa shape index (κ3) is 4.35. The molecule has 1 aliphatic carbocycles. The predicted octanol–water partition coefficient (Wildman–Crippen LogP) is 3.86. The van der Waals surface area contributed by atoms with Crippen LogP contribution in [0.25, 0.3) is 0 Å². The largest absolute Gasteiger partial charge is 0.358 e. The van der Waals surface area contributed by atoms with Crippen LogP contribution in [0.15, 0.2) is 12.3 Å². The minimum Gasteiger partial charge on any atom is -0.358 e. The fourth-order valence-corrected chi connectivity index (χ4v) is 3.26. The molecule has 2 rings (SSSR count). The highest BCUT2D eigenvalue weighted by atomic mass is 35.5. The second-order valence-electron chi connectivity index (χ2n) is 5.86. The normalized spacial score (nSPS) is 15.8. The predicted molar refractivity (Wildman–Crippen MR) is 86.5 cm³/mol. The number of aromatic nitrogens is 1. The number of halogens is 1. The second-order valence-corrected chi connectivity index (χ2v) is 6.26. The molecule has 1 fully saturated rings. The SMILES string of the molecule is CCCNCc1cnc(N(C)CC2CCCC2)c(Cl)c1. The van der Waals surface area contributed by atoms with Gasteiger partial charge in [-0.1, -0.05) is 31.4 Å². The zero-order valence-electron chi connectivity index (χ0n) is 12.7. The Balaban J connectivity index is 1.93. The molecule has 0 atom stereocenters. The Labute approximate surface area is 127 Å². The molecule has 0 amide bonds. The Hall–Kier alpha value is -0.800. The molecule has 3 nitrogen and oxygen atoms in total. The van der Waals surface area contributed by atoms with Crippen LogP contribution in [0.1, 0.15) is 44.6 Å². The third-order valence-corrected chi connectivity index (χ3v) is 4.28. The summed E-state index contributed by atoms with van der Waals surface area (Å²) in [5.74, 6) is 1.72. The average Bonchev–Trinajstić information content (AvgIpc) is 2.92. The van der Waals surface area contributed by atoms with E-state index in [1.807, 2.05) is 12.3 Å². The Morgan fingerprint density at radius 1 is 1.40 bits per heavy atom. The summed E-state index contributed by atoms with van der Waals surface area (Å²) in [6.07, 6.45) is 8.53. The molecule has 112 valence electrons. The van der Waals surface area contributed by atoms with Crippen LogP contribution in [0, 0.1) is 5.92 Å². The van der Waals surface area contributed by atoms with E-state index < -0.39 is 0 Å². The topological polar surface area (TPSA) is 28.2 Å². The van der Waals surface area contributed by atoms with Crippen molar-refractivity contribution in [2.24, 2.45) is 5.92 Å². The van der Waals surface area contributed by atoms with Crippen molar-refractivity contribution in [2.45, 2.75) is 45.6 Å². The molecule has 0 aliphatic heterocycles. The van der Waals surface area contributed by atoms with Crippen molar-refractivity contribution in [3.63, 3.8) is 0 Å². The van der Waals surface area contributed by atoms with Gasteiger partial charge < -0.3 is 10.2 Å². The molecule has 1 N–H and O–H groups in total. The van der Waals surface area contributed by atoms with Gasteiger partial charge in [-0.3, -0.25) is 0 Å². The first kappa shape index (κ1) is 15.6. The van der Waals surface area contributed by atoms with Gasteiger partial charge >= 0.3 is 0 Å². The van der Waals surface area contributed by atoms with E-state index in [4.69, 9.17) is 11.6 Å². The number of hydrogen-bond acceptors (Lipinski definition) is 3. The molecule has 1 heterocycles. The fraction of sp³-hybridized carbons (Fsp3) is 0.688. The fourth-order valence-electron chi connectivity index (χ4n) is 2.92. The molecule has 0 saturated heterocycles. The Morgan fingerprint density at radius 3 is 2.80 bits per heavy atom. The van der Waals surface area contributed by atoms with Crippen LogP contribution >= 0.6 is 11.6 Å². The molecule has 1 aromatic rings. The molecule has 0 bridgehead atoms. The highest BCUT2D eigenvalue weighted by Gasteiger charge is 2.18. The van der Waals surface area contributed by atoms with Gasteiger partial charge in [-0.05, 0) is 43.4 Å². The van der Waals surface area contributed by atoms with Gasteiger partial charge in [0, 0.05) is 26.3 Å². The molecule has 20 heavy (non-hydrogen) atoms. The van der Waals surface area contributed by atoms with Crippen LogP contribution in [0.5, 0.6) is 0 Å². The molecule has 0 aromatic carbocycles. The number of pyridine rings is 1. The maximum Gasteiger partial charge on any atom is 0.147 e. The quantitative estimate of drug-likeness (QED) is 0.774. The first-order valence-corrected chi connectivity index (χ1v) is 8.14. The summed E-state index contributed by atoms with van der Waals surface area (Å²) in [5, 5.41) is 4.14. The highest BCUT2D eigenvalue weighted by Crippen LogP contribution is 2.29. The van der Waals surface area contributed by atoms with Gasteiger partial charge in [0.15, 0.2) is 0 Å². The number of hydrogen-bond donors (Lipinski definition) is 1. The Morgan fingerprint density at radius 2 is 2.15 bits per heavy atom. The number of nitrogens with zero attached hydrogens (tertiary/aromatic N) is 2. The molecular weight excluding hydrogens is 270 g/mol. The molecule has 0 unspecified atom stereocenters. The number of rotatable bonds is 7. The van der Waals surface area contributed by atoms with Crippen molar-refractivity contribution in [2.75, 3.05) is 25.0 Å². The molecule has 1 aliphatic rings. The van der Waals surface area contributed by atoms with Gasteiger partial charge in [0.1, 0.15) is 5.82 Å². The van der Waals surface area contributed by atoms with Crippen LogP contribution in [0.3, 0.4) is 0 Å². The van der Waals surface area contributed by atoms with Crippen LogP contribution < -0.4 is 10.2 Å². The van der Waals surface area contributed by atoms with Crippen molar-refractivity contribution in [1.82, 2.24) is 10.3 Å². The lowest BCUT2D eigenvalue weighted by Gasteiger charge is -2.23. The lowest BCUT2D eigenvalue weighted by molar-refractivity contribution is 0.545. The van der Waals surface area contributed by atoms with Crippen molar-refractivity contribution in [3.05, 3.63) is 22.8 Å². The van der Waals surface area contributed by atoms with Crippen molar-refractivity contribution in [1.29, 1.82) is 0 Å². The van der Waals surface area contributed by atoms with E-state index in [1.165, 1.54) is 25.7 Å². The highest BCUT2D eigenvalue weighted by molar-refractivity contribution is 6.33. The van der Waals surface area contributed by atoms with Gasteiger partial charge in [0.05, 0.1) is 5.02 Å². The maximum atomic E-state index is 6.39. The molecule has 1 aromatic heterocycles.